The largest absolute Gasteiger partial charge is 0.493 e. The minimum absolute atomic E-state index is 0.0516. The molecule has 5 heteroatoms. The predicted molar refractivity (Wildman–Crippen MR) is 94.6 cm³/mol. The van der Waals surface area contributed by atoms with E-state index < -0.39 is 0 Å². The molecule has 0 bridgehead atoms. The van der Waals surface area contributed by atoms with Gasteiger partial charge in [-0.25, -0.2) is 4.79 Å². The lowest BCUT2D eigenvalue weighted by Crippen LogP contribution is -2.38. The van der Waals surface area contributed by atoms with Crippen LogP contribution < -0.4 is 20.1 Å². The molecule has 0 aliphatic heterocycles. The van der Waals surface area contributed by atoms with Gasteiger partial charge in [0, 0.05) is 0 Å². The van der Waals surface area contributed by atoms with Crippen LogP contribution in [0.4, 0.5) is 4.79 Å². The van der Waals surface area contributed by atoms with Crippen LogP contribution in [0, 0.1) is 6.92 Å². The van der Waals surface area contributed by atoms with Crippen LogP contribution in [0.15, 0.2) is 48.5 Å². The van der Waals surface area contributed by atoms with Gasteiger partial charge in [0.15, 0.2) is 11.5 Å². The summed E-state index contributed by atoms with van der Waals surface area (Å²) in [6, 6.07) is 15.3. The van der Waals surface area contributed by atoms with Crippen molar-refractivity contribution in [2.75, 3.05) is 20.3 Å². The molecule has 2 amide bonds. The zero-order valence-electron chi connectivity index (χ0n) is 14.3. The SMILES string of the molecule is COc1cc(C)ccc1OCCNC(=O)NC(C)c1ccccc1. The van der Waals surface area contributed by atoms with E-state index in [4.69, 9.17) is 9.47 Å². The maximum atomic E-state index is 11.9. The molecule has 1 unspecified atom stereocenters. The van der Waals surface area contributed by atoms with Gasteiger partial charge in [0.05, 0.1) is 19.7 Å². The smallest absolute Gasteiger partial charge is 0.315 e. The average Bonchev–Trinajstić information content (AvgIpc) is 2.60. The first-order valence-electron chi connectivity index (χ1n) is 7.97. The molecule has 2 N–H and O–H groups in total. The lowest BCUT2D eigenvalue weighted by atomic mass is 10.1. The van der Waals surface area contributed by atoms with Crippen molar-refractivity contribution in [1.29, 1.82) is 0 Å². The number of carbonyl (C=O) groups is 1. The second-order valence-corrected chi connectivity index (χ2v) is 5.54. The van der Waals surface area contributed by atoms with Crippen LogP contribution in [0.3, 0.4) is 0 Å². The molecule has 1 atom stereocenters. The molecule has 0 aliphatic rings. The zero-order chi connectivity index (χ0) is 17.4. The third kappa shape index (κ3) is 5.19. The highest BCUT2D eigenvalue weighted by Gasteiger charge is 2.09. The number of hydrogen-bond donors (Lipinski definition) is 2. The fourth-order valence-corrected chi connectivity index (χ4v) is 2.29. The van der Waals surface area contributed by atoms with E-state index in [2.05, 4.69) is 10.6 Å². The molecular formula is C19H24N2O3. The number of amides is 2. The molecule has 128 valence electrons. The highest BCUT2D eigenvalue weighted by Crippen LogP contribution is 2.27. The summed E-state index contributed by atoms with van der Waals surface area (Å²) in [6.45, 7) is 4.71. The van der Waals surface area contributed by atoms with Gasteiger partial charge in [-0.15, -0.1) is 0 Å². The van der Waals surface area contributed by atoms with Gasteiger partial charge in [-0.2, -0.15) is 0 Å². The number of benzene rings is 2. The molecular weight excluding hydrogens is 304 g/mol. The van der Waals surface area contributed by atoms with E-state index in [1.165, 1.54) is 0 Å². The van der Waals surface area contributed by atoms with Gasteiger partial charge in [0.2, 0.25) is 0 Å². The zero-order valence-corrected chi connectivity index (χ0v) is 14.3. The molecule has 0 fully saturated rings. The lowest BCUT2D eigenvalue weighted by molar-refractivity contribution is 0.233. The van der Waals surface area contributed by atoms with Crippen LogP contribution in [0.5, 0.6) is 11.5 Å². The van der Waals surface area contributed by atoms with E-state index in [0.29, 0.717) is 24.7 Å². The van der Waals surface area contributed by atoms with Gasteiger partial charge < -0.3 is 20.1 Å². The Hall–Kier alpha value is -2.69. The standard InChI is InChI=1S/C19H24N2O3/c1-14-9-10-17(18(13-14)23-3)24-12-11-20-19(22)21-15(2)16-7-5-4-6-8-16/h4-10,13,15H,11-12H2,1-3H3,(H2,20,21,22). The quantitative estimate of drug-likeness (QED) is 0.766. The van der Waals surface area contributed by atoms with Crippen molar-refractivity contribution in [3.05, 3.63) is 59.7 Å². The van der Waals surface area contributed by atoms with E-state index in [1.807, 2.05) is 62.4 Å². The molecule has 5 nitrogen and oxygen atoms in total. The van der Waals surface area contributed by atoms with Crippen molar-refractivity contribution in [3.63, 3.8) is 0 Å². The third-order valence-corrected chi connectivity index (χ3v) is 3.61. The summed E-state index contributed by atoms with van der Waals surface area (Å²) in [5.41, 5.74) is 2.17. The number of hydrogen-bond acceptors (Lipinski definition) is 3. The summed E-state index contributed by atoms with van der Waals surface area (Å²) in [6.07, 6.45) is 0. The van der Waals surface area contributed by atoms with Crippen LogP contribution in [0.2, 0.25) is 0 Å². The van der Waals surface area contributed by atoms with Crippen LogP contribution in [-0.4, -0.2) is 26.3 Å². The minimum Gasteiger partial charge on any atom is -0.493 e. The normalized spacial score (nSPS) is 11.5. The second kappa shape index (κ2) is 8.82. The Morgan fingerprint density at radius 1 is 1.12 bits per heavy atom. The van der Waals surface area contributed by atoms with Gasteiger partial charge in [-0.3, -0.25) is 0 Å². The summed E-state index contributed by atoms with van der Waals surface area (Å²) in [7, 11) is 1.61. The number of aryl methyl sites for hydroxylation is 1. The summed E-state index contributed by atoms with van der Waals surface area (Å²) >= 11 is 0. The molecule has 2 rings (SSSR count). The molecule has 0 spiro atoms. The van der Waals surface area contributed by atoms with Gasteiger partial charge in [0.1, 0.15) is 6.61 Å². The molecule has 0 heterocycles. The summed E-state index contributed by atoms with van der Waals surface area (Å²) in [5.74, 6) is 1.36. The molecule has 2 aromatic rings. The minimum atomic E-state index is -0.217. The van der Waals surface area contributed by atoms with Crippen molar-refractivity contribution >= 4 is 6.03 Å². The summed E-state index contributed by atoms with van der Waals surface area (Å²) < 4.78 is 10.9. The van der Waals surface area contributed by atoms with E-state index in [0.717, 1.165) is 11.1 Å². The molecule has 0 saturated carbocycles. The van der Waals surface area contributed by atoms with Crippen LogP contribution in [-0.2, 0) is 0 Å². The van der Waals surface area contributed by atoms with Crippen molar-refractivity contribution < 1.29 is 14.3 Å². The Morgan fingerprint density at radius 3 is 2.58 bits per heavy atom. The van der Waals surface area contributed by atoms with E-state index in [-0.39, 0.29) is 12.1 Å². The summed E-state index contributed by atoms with van der Waals surface area (Å²) in [4.78, 5) is 11.9. The van der Waals surface area contributed by atoms with Gasteiger partial charge in [0.25, 0.3) is 0 Å². The number of carbonyl (C=O) groups excluding carboxylic acids is 1. The van der Waals surface area contributed by atoms with Crippen LogP contribution in [0.1, 0.15) is 24.1 Å². The maximum Gasteiger partial charge on any atom is 0.315 e. The highest BCUT2D eigenvalue weighted by atomic mass is 16.5. The van der Waals surface area contributed by atoms with Crippen molar-refractivity contribution in [2.45, 2.75) is 19.9 Å². The van der Waals surface area contributed by atoms with Gasteiger partial charge in [-0.05, 0) is 37.1 Å². The Labute approximate surface area is 143 Å². The van der Waals surface area contributed by atoms with Crippen molar-refractivity contribution in [3.8, 4) is 11.5 Å². The molecule has 24 heavy (non-hydrogen) atoms. The van der Waals surface area contributed by atoms with Gasteiger partial charge in [-0.1, -0.05) is 36.4 Å². The molecule has 0 aliphatic carbocycles. The molecule has 0 aromatic heterocycles. The number of rotatable bonds is 7. The van der Waals surface area contributed by atoms with E-state index in [1.54, 1.807) is 7.11 Å². The predicted octanol–water partition coefficient (Wildman–Crippen LogP) is 3.44. The van der Waals surface area contributed by atoms with E-state index in [9.17, 15) is 4.79 Å². The molecule has 0 radical (unpaired) electrons. The van der Waals surface area contributed by atoms with E-state index >= 15 is 0 Å². The third-order valence-electron chi connectivity index (χ3n) is 3.61. The fourth-order valence-electron chi connectivity index (χ4n) is 2.29. The van der Waals surface area contributed by atoms with Crippen LogP contribution >= 0.6 is 0 Å². The monoisotopic (exact) mass is 328 g/mol. The second-order valence-electron chi connectivity index (χ2n) is 5.54. The molecule has 2 aromatic carbocycles. The number of nitrogens with one attached hydrogen (secondary N) is 2. The Kier molecular flexibility index (Phi) is 6.49. The average molecular weight is 328 g/mol. The van der Waals surface area contributed by atoms with Crippen molar-refractivity contribution in [2.24, 2.45) is 0 Å². The van der Waals surface area contributed by atoms with Crippen LogP contribution in [0.25, 0.3) is 0 Å². The first kappa shape index (κ1) is 17.7. The van der Waals surface area contributed by atoms with Gasteiger partial charge >= 0.3 is 6.03 Å². The first-order valence-corrected chi connectivity index (χ1v) is 7.97. The Bertz CT molecular complexity index is 659. The highest BCUT2D eigenvalue weighted by molar-refractivity contribution is 5.74. The lowest BCUT2D eigenvalue weighted by Gasteiger charge is -2.15. The molecule has 0 saturated heterocycles. The van der Waals surface area contributed by atoms with Crippen molar-refractivity contribution in [1.82, 2.24) is 10.6 Å². The number of methoxy groups -OCH3 is 1. The Balaban J connectivity index is 1.73. The summed E-state index contributed by atoms with van der Waals surface area (Å²) in [5, 5.41) is 5.68. The maximum absolute atomic E-state index is 11.9. The fraction of sp³-hybridized carbons (Fsp3) is 0.316. The first-order chi connectivity index (χ1) is 11.6. The Morgan fingerprint density at radius 2 is 1.88 bits per heavy atom. The number of ether oxygens (including phenoxy) is 2. The number of urea groups is 1. The topological polar surface area (TPSA) is 59.6 Å².